The van der Waals surface area contributed by atoms with Gasteiger partial charge < -0.3 is 16.2 Å². The summed E-state index contributed by atoms with van der Waals surface area (Å²) in [5, 5.41) is 20.9. The highest BCUT2D eigenvalue weighted by atomic mass is 16.3. The number of nitrogens with zero attached hydrogens (tertiary/aromatic N) is 1. The normalized spacial score (nSPS) is 11.9. The Kier molecular flexibility index (Phi) is 3.95. The van der Waals surface area contributed by atoms with E-state index in [9.17, 15) is 5.11 Å². The molecule has 1 heterocycles. The Morgan fingerprint density at radius 1 is 1.37 bits per heavy atom. The minimum atomic E-state index is -0.0879. The van der Waals surface area contributed by atoms with Gasteiger partial charge in [-0.25, -0.2) is 0 Å². The number of H-pyrrole nitrogens is 1. The highest BCUT2D eigenvalue weighted by Crippen LogP contribution is 2.29. The molecular weight excluding hydrogens is 240 g/mol. The summed E-state index contributed by atoms with van der Waals surface area (Å²) in [5.41, 5.74) is 8.49. The van der Waals surface area contributed by atoms with Crippen molar-refractivity contribution in [1.29, 1.82) is 0 Å². The van der Waals surface area contributed by atoms with Crippen LogP contribution in [0.1, 0.15) is 26.7 Å². The van der Waals surface area contributed by atoms with E-state index in [4.69, 9.17) is 5.73 Å². The van der Waals surface area contributed by atoms with E-state index in [1.54, 1.807) is 6.20 Å². The summed E-state index contributed by atoms with van der Waals surface area (Å²) in [6, 6.07) is 3.87. The van der Waals surface area contributed by atoms with Crippen molar-refractivity contribution in [3.8, 4) is 0 Å². The number of hydrogen-bond donors (Lipinski definition) is 4. The Hall–Kier alpha value is -1.75. The number of anilines is 2. The third kappa shape index (κ3) is 2.66. The number of nitrogen functional groups attached to an aromatic ring is 1. The largest absolute Gasteiger partial charge is 0.397 e. The molecule has 0 aliphatic heterocycles. The molecule has 0 aliphatic rings. The summed E-state index contributed by atoms with van der Waals surface area (Å²) in [7, 11) is 0. The number of aliphatic hydroxyl groups is 1. The van der Waals surface area contributed by atoms with Crippen LogP contribution in [0.25, 0.3) is 10.9 Å². The third-order valence-electron chi connectivity index (χ3n) is 4.10. The fourth-order valence-corrected chi connectivity index (χ4v) is 2.22. The van der Waals surface area contributed by atoms with Crippen LogP contribution >= 0.6 is 0 Å². The lowest BCUT2D eigenvalue weighted by Crippen LogP contribution is -2.32. The molecule has 1 aromatic heterocycles. The molecule has 0 fully saturated rings. The van der Waals surface area contributed by atoms with Crippen LogP contribution in [0.15, 0.2) is 18.3 Å². The number of benzene rings is 1. The van der Waals surface area contributed by atoms with E-state index in [0.717, 1.165) is 29.4 Å². The summed E-state index contributed by atoms with van der Waals surface area (Å²) in [6.45, 7) is 5.09. The second kappa shape index (κ2) is 5.48. The fraction of sp³-hybridized carbons (Fsp3) is 0.500. The van der Waals surface area contributed by atoms with E-state index in [2.05, 4.69) is 29.4 Å². The van der Waals surface area contributed by atoms with Crippen molar-refractivity contribution in [2.75, 3.05) is 24.2 Å². The maximum atomic E-state index is 9.58. The minimum Gasteiger partial charge on any atom is -0.397 e. The summed E-state index contributed by atoms with van der Waals surface area (Å²) in [5.74, 6) is 0. The molecule has 0 aliphatic carbocycles. The molecule has 19 heavy (non-hydrogen) atoms. The van der Waals surface area contributed by atoms with Gasteiger partial charge >= 0.3 is 0 Å². The molecule has 5 nitrogen and oxygen atoms in total. The summed E-state index contributed by atoms with van der Waals surface area (Å²) < 4.78 is 0. The smallest absolute Gasteiger partial charge is 0.0672 e. The summed E-state index contributed by atoms with van der Waals surface area (Å²) in [6.07, 6.45) is 3.62. The maximum Gasteiger partial charge on any atom is 0.0672 e. The van der Waals surface area contributed by atoms with E-state index in [-0.39, 0.29) is 12.0 Å². The van der Waals surface area contributed by atoms with Crippen LogP contribution in [-0.2, 0) is 0 Å². The van der Waals surface area contributed by atoms with Crippen LogP contribution in [0.3, 0.4) is 0 Å². The molecule has 0 unspecified atom stereocenters. The molecule has 0 amide bonds. The van der Waals surface area contributed by atoms with Gasteiger partial charge in [0, 0.05) is 17.3 Å². The number of rotatable bonds is 6. The minimum absolute atomic E-state index is 0.0879. The van der Waals surface area contributed by atoms with Crippen LogP contribution in [0.4, 0.5) is 11.4 Å². The molecule has 2 aromatic rings. The Morgan fingerprint density at radius 2 is 2.11 bits per heavy atom. The fourth-order valence-electron chi connectivity index (χ4n) is 2.22. The standard InChI is InChI=1S/C14H22N4O/c1-3-14(4-2,9-19)8-16-13-6-12-10(5-11(13)15)7-17-18-12/h5-7,16,19H,3-4,8-9,15H2,1-2H3,(H,17,18). The molecule has 104 valence electrons. The molecule has 0 bridgehead atoms. The van der Waals surface area contributed by atoms with Gasteiger partial charge in [0.1, 0.15) is 0 Å². The van der Waals surface area contributed by atoms with Gasteiger partial charge in [-0.3, -0.25) is 5.10 Å². The zero-order valence-corrected chi connectivity index (χ0v) is 11.5. The predicted octanol–water partition coefficient (Wildman–Crippen LogP) is 2.36. The lowest BCUT2D eigenvalue weighted by atomic mass is 9.83. The van der Waals surface area contributed by atoms with E-state index >= 15 is 0 Å². The number of nitrogens with two attached hydrogens (primary N) is 1. The maximum absolute atomic E-state index is 9.58. The molecule has 2 rings (SSSR count). The lowest BCUT2D eigenvalue weighted by Gasteiger charge is -2.30. The van der Waals surface area contributed by atoms with Gasteiger partial charge in [0.2, 0.25) is 0 Å². The van der Waals surface area contributed by atoms with Gasteiger partial charge in [0.25, 0.3) is 0 Å². The summed E-state index contributed by atoms with van der Waals surface area (Å²) in [4.78, 5) is 0. The van der Waals surface area contributed by atoms with Gasteiger partial charge in [0.15, 0.2) is 0 Å². The van der Waals surface area contributed by atoms with Gasteiger partial charge in [-0.15, -0.1) is 0 Å². The average molecular weight is 262 g/mol. The van der Waals surface area contributed by atoms with Crippen LogP contribution < -0.4 is 11.1 Å². The SMILES string of the molecule is CCC(CC)(CO)CNc1cc2[nH]ncc2cc1N. The Balaban J connectivity index is 2.18. The predicted molar refractivity (Wildman–Crippen MR) is 79.1 cm³/mol. The first-order chi connectivity index (χ1) is 9.14. The highest BCUT2D eigenvalue weighted by Gasteiger charge is 2.25. The van der Waals surface area contributed by atoms with Gasteiger partial charge in [0.05, 0.1) is 29.7 Å². The first kappa shape index (κ1) is 13.7. The van der Waals surface area contributed by atoms with Crippen molar-refractivity contribution in [3.63, 3.8) is 0 Å². The van der Waals surface area contributed by atoms with Crippen molar-refractivity contribution in [3.05, 3.63) is 18.3 Å². The van der Waals surface area contributed by atoms with E-state index in [1.165, 1.54) is 0 Å². The quantitative estimate of drug-likeness (QED) is 0.602. The molecule has 0 spiro atoms. The third-order valence-corrected chi connectivity index (χ3v) is 4.10. The van der Waals surface area contributed by atoms with E-state index in [0.29, 0.717) is 12.2 Å². The van der Waals surface area contributed by atoms with Crippen LogP contribution in [0, 0.1) is 5.41 Å². The molecule has 0 atom stereocenters. The molecule has 5 heteroatoms. The first-order valence-corrected chi connectivity index (χ1v) is 6.71. The number of aromatic nitrogens is 2. The second-order valence-corrected chi connectivity index (χ2v) is 5.12. The van der Waals surface area contributed by atoms with Crippen LogP contribution in [-0.4, -0.2) is 28.5 Å². The van der Waals surface area contributed by atoms with Gasteiger partial charge in [-0.1, -0.05) is 13.8 Å². The first-order valence-electron chi connectivity index (χ1n) is 6.71. The monoisotopic (exact) mass is 262 g/mol. The van der Waals surface area contributed by atoms with E-state index in [1.807, 2.05) is 12.1 Å². The van der Waals surface area contributed by atoms with Crippen molar-refractivity contribution in [2.45, 2.75) is 26.7 Å². The molecule has 0 radical (unpaired) electrons. The number of hydrogen-bond acceptors (Lipinski definition) is 4. The Bertz CT molecular complexity index is 537. The van der Waals surface area contributed by atoms with Gasteiger partial charge in [-0.05, 0) is 25.0 Å². The van der Waals surface area contributed by atoms with Crippen LogP contribution in [0.2, 0.25) is 0 Å². The highest BCUT2D eigenvalue weighted by molar-refractivity contribution is 5.88. The van der Waals surface area contributed by atoms with Gasteiger partial charge in [-0.2, -0.15) is 5.10 Å². The number of aromatic amines is 1. The zero-order chi connectivity index (χ0) is 13.9. The molecule has 0 saturated carbocycles. The van der Waals surface area contributed by atoms with Crippen molar-refractivity contribution < 1.29 is 5.11 Å². The van der Waals surface area contributed by atoms with E-state index < -0.39 is 0 Å². The second-order valence-electron chi connectivity index (χ2n) is 5.12. The molecule has 1 aromatic carbocycles. The van der Waals surface area contributed by atoms with Crippen molar-refractivity contribution in [2.24, 2.45) is 5.41 Å². The van der Waals surface area contributed by atoms with Crippen molar-refractivity contribution in [1.82, 2.24) is 10.2 Å². The number of nitrogens with one attached hydrogen (secondary N) is 2. The topological polar surface area (TPSA) is 87.0 Å². The molecule has 5 N–H and O–H groups in total. The lowest BCUT2D eigenvalue weighted by molar-refractivity contribution is 0.127. The Morgan fingerprint density at radius 3 is 2.74 bits per heavy atom. The summed E-state index contributed by atoms with van der Waals surface area (Å²) >= 11 is 0. The number of aliphatic hydroxyl groups excluding tert-OH is 1. The average Bonchev–Trinajstić information content (AvgIpc) is 2.88. The zero-order valence-electron chi connectivity index (χ0n) is 11.5. The number of fused-ring (bicyclic) bond motifs is 1. The van der Waals surface area contributed by atoms with Crippen LogP contribution in [0.5, 0.6) is 0 Å². The Labute approximate surface area is 113 Å². The van der Waals surface area contributed by atoms with Crippen molar-refractivity contribution >= 4 is 22.3 Å². The molecular formula is C14H22N4O. The molecule has 0 saturated heterocycles.